The molecule has 0 radical (unpaired) electrons. The Balaban J connectivity index is 0.000000125. The molecule has 22 aromatic rings. The number of halogens is 8. The van der Waals surface area contributed by atoms with Crippen molar-refractivity contribution in [2.24, 2.45) is 0 Å². The third kappa shape index (κ3) is 25.1. The van der Waals surface area contributed by atoms with Crippen molar-refractivity contribution in [3.8, 4) is 0 Å². The molecule has 2 heterocycles. The molecule has 1 N–H and O–H groups in total. The van der Waals surface area contributed by atoms with E-state index in [9.17, 15) is 17.6 Å². The van der Waals surface area contributed by atoms with Gasteiger partial charge in [-0.1, -0.05) is 240 Å². The second-order valence-electron chi connectivity index (χ2n) is 35.1. The van der Waals surface area contributed by atoms with Crippen LogP contribution in [0.3, 0.4) is 0 Å². The SMILES string of the molecule is Brc1ccccc1N(c1ccccc1)c1cc(N(c2ccccc2)c2ccccc2)cc(N(c2ccccc2)c2ccccc2Br)c1.Brc1ccccc1Nc1ccccc1.Fc1cc(F)cc(Br)c1.Fc1cc(F)cc(N(c2ccccc2)c2ccccc2)c1.c1ccc(Cc2ccccc2)cc1.c1ccc(N(c2ccccc2)c2cc3[c]4c(c2)N(c2ccccc2)c2cccc[c]2[Ga]4[c]2ccccc2N3c2ccccc2)cc1. The molecule has 2 aliphatic heterocycles. The molecule has 0 atom stereocenters. The number of benzene rings is 22. The standard InChI is InChI=1S/C42H31Br2N3.C42H30N3.C18H13F2N.C13H12.C12H10BrN.C6H3BrF2.Ga/c43-39-25-13-15-27-41(39)46(34-21-9-3-10-22-34)37-29-36(45(32-17-5-1-6-18-32)33-19-7-2-8-20-33)30-38(31-37)47(35-23-11-4-12-24-35)42-28-16-14-26-40(42)44;1-7-19-34(20-8-1)43(35-21-9-2-10-22-35)40-31-41(44(36-23-11-3-12-24-36)37-25-13-4-14-26-37)33-42(32-40)45(38-27-15-5-16-28-38)39-29-17-6-18-30-39;19-14-11-15(20)13-18(12-14)21(16-7-3-1-4-8-16)17-9-5-2-6-10-17;1-3-7-12(8-4-1)11-13-9-5-2-6-10-13;13-11-8-4-5-9-12(11)14-10-6-2-1-3-7-10;7-4-1-5(8)3-6(9)2-4;/h1-31H;1-25,27-29,31-32H;1-13H;1-10H,11H2;1-9,14H;1-3H;. The summed E-state index contributed by atoms with van der Waals surface area (Å²) in [7, 11) is 0. The molecule has 8 nitrogen and oxygen atoms in total. The summed E-state index contributed by atoms with van der Waals surface area (Å²) in [5.41, 5.74) is 27.3. The molecule has 0 saturated carbocycles. The van der Waals surface area contributed by atoms with E-state index in [-0.39, 0.29) is 0 Å². The minimum absolute atomic E-state index is 0.417. The van der Waals surface area contributed by atoms with Crippen molar-refractivity contribution in [1.82, 2.24) is 0 Å². The third-order valence-electron chi connectivity index (χ3n) is 25.1. The van der Waals surface area contributed by atoms with Gasteiger partial charge in [-0.25, -0.2) is 17.6 Å². The van der Waals surface area contributed by atoms with Gasteiger partial charge in [0.1, 0.15) is 23.3 Å². The Morgan fingerprint density at radius 1 is 0.207 bits per heavy atom. The first-order valence-corrected chi connectivity index (χ1v) is 55.9. The number of fused-ring (bicyclic) bond motifs is 4. The first-order chi connectivity index (χ1) is 73.8. The third-order valence-corrected chi connectivity index (χ3v) is 34.7. The Morgan fingerprint density at radius 2 is 0.453 bits per heavy atom. The Morgan fingerprint density at radius 3 is 0.773 bits per heavy atom. The number of rotatable bonds is 21. The predicted molar refractivity (Wildman–Crippen MR) is 636 cm³/mol. The molecular weight excluding hydrogens is 2170 g/mol. The summed E-state index contributed by atoms with van der Waals surface area (Å²) in [5, 5.41) is 3.33. The average molecular weight is 2270 g/mol. The molecule has 0 aliphatic carbocycles. The molecule has 0 spiro atoms. The summed E-state index contributed by atoms with van der Waals surface area (Å²) in [6, 6.07) is 197. The van der Waals surface area contributed by atoms with Crippen LogP contribution in [0.2, 0.25) is 0 Å². The van der Waals surface area contributed by atoms with Crippen LogP contribution >= 0.6 is 63.7 Å². The van der Waals surface area contributed by atoms with Crippen molar-refractivity contribution in [2.45, 2.75) is 6.42 Å². The van der Waals surface area contributed by atoms with Crippen LogP contribution in [0.5, 0.6) is 0 Å². The van der Waals surface area contributed by atoms with E-state index in [2.05, 4.69) is 529 Å². The van der Waals surface area contributed by atoms with Gasteiger partial charge < -0.3 is 24.9 Å². The number of anilines is 23. The van der Waals surface area contributed by atoms with E-state index in [1.165, 1.54) is 81.9 Å². The average Bonchev–Trinajstić information content (AvgIpc) is 0.694. The molecule has 0 bridgehead atoms. The van der Waals surface area contributed by atoms with E-state index >= 15 is 0 Å². The monoisotopic (exact) mass is 2270 g/mol. The van der Waals surface area contributed by atoms with Gasteiger partial charge in [-0.2, -0.15) is 0 Å². The Labute approximate surface area is 913 Å². The minimum atomic E-state index is -2.56. The van der Waals surface area contributed by atoms with Crippen LogP contribution < -0.4 is 52.0 Å². The van der Waals surface area contributed by atoms with E-state index in [4.69, 9.17) is 0 Å². The first-order valence-electron chi connectivity index (χ1n) is 49.1. The number of hydrogen-bond donors (Lipinski definition) is 1. The van der Waals surface area contributed by atoms with Crippen LogP contribution in [0.25, 0.3) is 0 Å². The van der Waals surface area contributed by atoms with Gasteiger partial charge in [0.15, 0.2) is 0 Å². The zero-order chi connectivity index (χ0) is 103. The summed E-state index contributed by atoms with van der Waals surface area (Å²) in [4.78, 5) is 16.2. The van der Waals surface area contributed by atoms with Gasteiger partial charge >= 0.3 is 276 Å². The molecule has 0 fully saturated rings. The molecule has 150 heavy (non-hydrogen) atoms. The van der Waals surface area contributed by atoms with Crippen LogP contribution in [0, 0.1) is 23.3 Å². The second-order valence-corrected chi connectivity index (χ2v) is 44.2. The number of para-hydroxylation sites is 16. The zero-order valence-corrected chi connectivity index (χ0v) is 90.1. The quantitative estimate of drug-likeness (QED) is 0.0563. The van der Waals surface area contributed by atoms with Crippen molar-refractivity contribution in [2.75, 3.05) is 39.6 Å². The van der Waals surface area contributed by atoms with Gasteiger partial charge in [0.05, 0.1) is 39.8 Å². The molecule has 0 saturated heterocycles. The van der Waals surface area contributed by atoms with Crippen molar-refractivity contribution < 1.29 is 17.6 Å². The van der Waals surface area contributed by atoms with E-state index in [1.54, 1.807) is 0 Å². The van der Waals surface area contributed by atoms with Crippen LogP contribution in [0.1, 0.15) is 11.1 Å². The number of nitrogens with one attached hydrogen (secondary N) is 1. The Kier molecular flexibility index (Phi) is 34.2. The van der Waals surface area contributed by atoms with Crippen molar-refractivity contribution >= 4 is 223 Å². The first kappa shape index (κ1) is 102. The molecule has 0 aromatic heterocycles. The summed E-state index contributed by atoms with van der Waals surface area (Å²) >= 11 is 11.6. The molecule has 0 amide bonds. The summed E-state index contributed by atoms with van der Waals surface area (Å²) < 4.78 is 59.4. The zero-order valence-electron chi connectivity index (χ0n) is 81.4. The van der Waals surface area contributed by atoms with Gasteiger partial charge in [0, 0.05) is 69.8 Å². The van der Waals surface area contributed by atoms with Crippen molar-refractivity contribution in [1.29, 1.82) is 0 Å². The van der Waals surface area contributed by atoms with Gasteiger partial charge in [0.25, 0.3) is 0 Å². The molecule has 730 valence electrons. The fourth-order valence-corrected chi connectivity index (χ4v) is 28.0. The van der Waals surface area contributed by atoms with Crippen LogP contribution in [0.15, 0.2) is 600 Å². The van der Waals surface area contributed by atoms with Crippen molar-refractivity contribution in [3.63, 3.8) is 0 Å². The Hall–Kier alpha value is -16.5. The molecule has 17 heteroatoms. The maximum absolute atomic E-state index is 13.6. The summed E-state index contributed by atoms with van der Waals surface area (Å²) in [6.07, 6.45) is 1.03. The summed E-state index contributed by atoms with van der Waals surface area (Å²) in [5.74, 6) is -2.33. The van der Waals surface area contributed by atoms with E-state index in [0.29, 0.717) is 10.2 Å². The van der Waals surface area contributed by atoms with Crippen LogP contribution in [-0.4, -0.2) is 16.2 Å². The Bertz CT molecular complexity index is 7690. The summed E-state index contributed by atoms with van der Waals surface area (Å²) in [6.45, 7) is 0. The predicted octanol–water partition coefficient (Wildman–Crippen LogP) is 38.5. The van der Waals surface area contributed by atoms with Gasteiger partial charge in [-0.05, 0) is 229 Å². The van der Waals surface area contributed by atoms with Gasteiger partial charge in [-0.15, -0.1) is 0 Å². The molecule has 22 aromatic carbocycles. The van der Waals surface area contributed by atoms with Crippen LogP contribution in [0.4, 0.5) is 148 Å². The van der Waals surface area contributed by atoms with Crippen molar-refractivity contribution in [3.05, 3.63) is 635 Å². The topological polar surface area (TPSA) is 34.7 Å². The van der Waals surface area contributed by atoms with Crippen LogP contribution in [-0.2, 0) is 6.42 Å². The second kappa shape index (κ2) is 50.3. The van der Waals surface area contributed by atoms with E-state index in [0.717, 1.165) is 123 Å². The molecular formula is C133H99Br4F4GaN8. The number of nitrogens with zero attached hydrogens (tertiary/aromatic N) is 7. The van der Waals surface area contributed by atoms with Gasteiger partial charge in [0.2, 0.25) is 0 Å². The molecule has 2 aliphatic rings. The molecule has 24 rings (SSSR count). The van der Waals surface area contributed by atoms with Gasteiger partial charge in [-0.3, -0.25) is 0 Å². The fraction of sp³-hybridized carbons (Fsp3) is 0.00752. The van der Waals surface area contributed by atoms with E-state index < -0.39 is 39.5 Å². The fourth-order valence-electron chi connectivity index (χ4n) is 18.6. The molecule has 0 unspecified atom stereocenters. The number of hydrogen-bond acceptors (Lipinski definition) is 8. The van der Waals surface area contributed by atoms with E-state index in [1.807, 2.05) is 120 Å². The normalized spacial score (nSPS) is 11.1. The maximum atomic E-state index is 13.6.